The molecule has 2 amide bonds. The summed E-state index contributed by atoms with van der Waals surface area (Å²) >= 11 is 0. The van der Waals surface area contributed by atoms with E-state index in [0.717, 1.165) is 18.5 Å². The first-order chi connectivity index (χ1) is 11.6. The van der Waals surface area contributed by atoms with Crippen molar-refractivity contribution >= 4 is 11.8 Å². The third kappa shape index (κ3) is 3.21. The van der Waals surface area contributed by atoms with Gasteiger partial charge in [0, 0.05) is 31.1 Å². The molecule has 0 atom stereocenters. The van der Waals surface area contributed by atoms with E-state index in [1.54, 1.807) is 13.2 Å². The zero-order valence-electron chi connectivity index (χ0n) is 14.0. The molecule has 3 rings (SSSR count). The number of hydrogen-bond acceptors (Lipinski definition) is 5. The summed E-state index contributed by atoms with van der Waals surface area (Å²) in [5, 5.41) is 2.78. The van der Waals surface area contributed by atoms with Gasteiger partial charge in [-0.15, -0.1) is 0 Å². The van der Waals surface area contributed by atoms with Crippen molar-refractivity contribution in [3.8, 4) is 5.88 Å². The third-order valence-corrected chi connectivity index (χ3v) is 4.76. The van der Waals surface area contributed by atoms with Gasteiger partial charge in [0.1, 0.15) is 0 Å². The summed E-state index contributed by atoms with van der Waals surface area (Å²) < 4.78 is 5.34. The largest absolute Gasteiger partial charge is 0.481 e. The second kappa shape index (κ2) is 7.17. The highest BCUT2D eigenvalue weighted by molar-refractivity contribution is 5.98. The van der Waals surface area contributed by atoms with Crippen LogP contribution >= 0.6 is 0 Å². The van der Waals surface area contributed by atoms with Gasteiger partial charge < -0.3 is 20.7 Å². The minimum Gasteiger partial charge on any atom is -0.481 e. The highest BCUT2D eigenvalue weighted by atomic mass is 16.5. The molecule has 0 unspecified atom stereocenters. The van der Waals surface area contributed by atoms with E-state index in [9.17, 15) is 9.59 Å². The van der Waals surface area contributed by atoms with E-state index < -0.39 is 0 Å². The normalized spacial score (nSPS) is 17.2. The number of fused-ring (bicyclic) bond motifs is 1. The molecule has 1 saturated carbocycles. The van der Waals surface area contributed by atoms with Crippen molar-refractivity contribution in [1.29, 1.82) is 0 Å². The Morgan fingerprint density at radius 1 is 1.46 bits per heavy atom. The molecule has 2 heterocycles. The Kier molecular flexibility index (Phi) is 4.99. The number of carbonyl (C=O) groups is 2. The van der Waals surface area contributed by atoms with Crippen molar-refractivity contribution in [1.82, 2.24) is 15.2 Å². The van der Waals surface area contributed by atoms with Gasteiger partial charge in [-0.05, 0) is 18.9 Å². The standard InChI is InChI=1S/C17H24N4O3/c1-24-16-11(9-19-15(22)6-7-18)8-13-14(20-16)10-21(17(13)23)12-4-2-3-5-12/h8,12H,2-7,9-10,18H2,1H3,(H,19,22). The lowest BCUT2D eigenvalue weighted by Crippen LogP contribution is -2.33. The SMILES string of the molecule is COc1nc2c(cc1CNC(=O)CCN)C(=O)N(C1CCCC1)C2. The molecule has 7 nitrogen and oxygen atoms in total. The molecule has 0 saturated heterocycles. The predicted molar refractivity (Wildman–Crippen MR) is 88.4 cm³/mol. The van der Waals surface area contributed by atoms with Gasteiger partial charge in [0.15, 0.2) is 0 Å². The Hall–Kier alpha value is -2.15. The number of nitrogens with zero attached hydrogens (tertiary/aromatic N) is 2. The lowest BCUT2D eigenvalue weighted by molar-refractivity contribution is -0.121. The highest BCUT2D eigenvalue weighted by Crippen LogP contribution is 2.33. The Bertz CT molecular complexity index is 641. The van der Waals surface area contributed by atoms with Crippen LogP contribution in [0.5, 0.6) is 5.88 Å². The molecule has 0 bridgehead atoms. The second-order valence-electron chi connectivity index (χ2n) is 6.34. The molecule has 0 radical (unpaired) electrons. The molecule has 2 aliphatic rings. The van der Waals surface area contributed by atoms with Crippen molar-refractivity contribution in [3.63, 3.8) is 0 Å². The number of amides is 2. The number of pyridine rings is 1. The van der Waals surface area contributed by atoms with Crippen LogP contribution in [-0.2, 0) is 17.9 Å². The molecular weight excluding hydrogens is 308 g/mol. The first-order valence-electron chi connectivity index (χ1n) is 8.48. The maximum absolute atomic E-state index is 12.7. The maximum atomic E-state index is 12.7. The first kappa shape index (κ1) is 16.7. The average Bonchev–Trinajstić information content (AvgIpc) is 3.20. The molecule has 1 aromatic rings. The van der Waals surface area contributed by atoms with Gasteiger partial charge in [0.05, 0.1) is 24.9 Å². The van der Waals surface area contributed by atoms with Crippen molar-refractivity contribution in [2.24, 2.45) is 5.73 Å². The van der Waals surface area contributed by atoms with Crippen LogP contribution in [0.1, 0.15) is 53.7 Å². The fourth-order valence-corrected chi connectivity index (χ4v) is 3.49. The molecule has 1 fully saturated rings. The van der Waals surface area contributed by atoms with E-state index in [2.05, 4.69) is 10.3 Å². The van der Waals surface area contributed by atoms with Crippen molar-refractivity contribution < 1.29 is 14.3 Å². The highest BCUT2D eigenvalue weighted by Gasteiger charge is 2.35. The van der Waals surface area contributed by atoms with Crippen molar-refractivity contribution in [3.05, 3.63) is 22.9 Å². The maximum Gasteiger partial charge on any atom is 0.256 e. The average molecular weight is 332 g/mol. The van der Waals surface area contributed by atoms with Gasteiger partial charge in [-0.1, -0.05) is 12.8 Å². The molecular formula is C17H24N4O3. The summed E-state index contributed by atoms with van der Waals surface area (Å²) in [6, 6.07) is 2.13. The Balaban J connectivity index is 1.79. The van der Waals surface area contributed by atoms with Crippen LogP contribution in [0, 0.1) is 0 Å². The van der Waals surface area contributed by atoms with Crippen LogP contribution in [0.15, 0.2) is 6.07 Å². The van der Waals surface area contributed by atoms with E-state index in [4.69, 9.17) is 10.5 Å². The minimum absolute atomic E-state index is 0.0431. The molecule has 0 spiro atoms. The first-order valence-corrected chi connectivity index (χ1v) is 8.48. The minimum atomic E-state index is -0.126. The monoisotopic (exact) mass is 332 g/mol. The summed E-state index contributed by atoms with van der Waals surface area (Å²) in [5.41, 5.74) is 7.48. The van der Waals surface area contributed by atoms with Gasteiger partial charge in [-0.25, -0.2) is 4.98 Å². The second-order valence-corrected chi connectivity index (χ2v) is 6.34. The Labute approximate surface area is 141 Å². The zero-order chi connectivity index (χ0) is 17.1. The summed E-state index contributed by atoms with van der Waals surface area (Å²) in [4.78, 5) is 30.8. The molecule has 130 valence electrons. The van der Waals surface area contributed by atoms with Crippen LogP contribution in [0.3, 0.4) is 0 Å². The summed E-state index contributed by atoms with van der Waals surface area (Å²) in [6.45, 7) is 1.13. The van der Waals surface area contributed by atoms with Gasteiger partial charge in [-0.2, -0.15) is 0 Å². The zero-order valence-corrected chi connectivity index (χ0v) is 14.0. The van der Waals surface area contributed by atoms with Crippen LogP contribution < -0.4 is 15.8 Å². The molecule has 1 aliphatic heterocycles. The quantitative estimate of drug-likeness (QED) is 0.808. The predicted octanol–water partition coefficient (Wildman–Crippen LogP) is 0.954. The van der Waals surface area contributed by atoms with Gasteiger partial charge in [0.2, 0.25) is 11.8 Å². The molecule has 3 N–H and O–H groups in total. The number of ether oxygens (including phenoxy) is 1. The Morgan fingerprint density at radius 2 is 2.21 bits per heavy atom. The fourth-order valence-electron chi connectivity index (χ4n) is 3.49. The number of rotatable bonds is 6. The molecule has 7 heteroatoms. The smallest absolute Gasteiger partial charge is 0.256 e. The van der Waals surface area contributed by atoms with Crippen LogP contribution in [0.4, 0.5) is 0 Å². The summed E-state index contributed by atoms with van der Waals surface area (Å²) in [7, 11) is 1.55. The third-order valence-electron chi connectivity index (χ3n) is 4.76. The number of nitrogens with one attached hydrogen (secondary N) is 1. The van der Waals surface area contributed by atoms with Crippen LogP contribution in [0.25, 0.3) is 0 Å². The Morgan fingerprint density at radius 3 is 2.88 bits per heavy atom. The lowest BCUT2D eigenvalue weighted by atomic mass is 10.1. The molecule has 24 heavy (non-hydrogen) atoms. The number of methoxy groups -OCH3 is 1. The van der Waals surface area contributed by atoms with E-state index in [0.29, 0.717) is 36.1 Å². The van der Waals surface area contributed by atoms with Crippen LogP contribution in [-0.4, -0.2) is 41.4 Å². The topological polar surface area (TPSA) is 97.5 Å². The molecule has 0 aromatic carbocycles. The number of carbonyl (C=O) groups excluding carboxylic acids is 2. The van der Waals surface area contributed by atoms with Crippen molar-refractivity contribution in [2.45, 2.75) is 51.2 Å². The number of hydrogen-bond donors (Lipinski definition) is 2. The summed E-state index contributed by atoms with van der Waals surface area (Å²) in [6.07, 6.45) is 4.77. The van der Waals surface area contributed by atoms with Gasteiger partial charge in [0.25, 0.3) is 5.91 Å². The van der Waals surface area contributed by atoms with Crippen LogP contribution in [0.2, 0.25) is 0 Å². The van der Waals surface area contributed by atoms with E-state index >= 15 is 0 Å². The van der Waals surface area contributed by atoms with E-state index in [-0.39, 0.29) is 24.8 Å². The van der Waals surface area contributed by atoms with E-state index in [1.165, 1.54) is 12.8 Å². The van der Waals surface area contributed by atoms with E-state index in [1.807, 2.05) is 4.90 Å². The number of nitrogens with two attached hydrogens (primary N) is 1. The molecule has 1 aliphatic carbocycles. The fraction of sp³-hybridized carbons (Fsp3) is 0.588. The molecule has 1 aromatic heterocycles. The van der Waals surface area contributed by atoms with Gasteiger partial charge >= 0.3 is 0 Å². The summed E-state index contributed by atoms with van der Waals surface area (Å²) in [5.74, 6) is 0.378. The number of aromatic nitrogens is 1. The lowest BCUT2D eigenvalue weighted by Gasteiger charge is -2.22. The van der Waals surface area contributed by atoms with Crippen molar-refractivity contribution in [2.75, 3.05) is 13.7 Å². The van der Waals surface area contributed by atoms with Gasteiger partial charge in [-0.3, -0.25) is 9.59 Å².